The van der Waals surface area contributed by atoms with E-state index in [0.717, 1.165) is 37.6 Å². The molecule has 3 N–H and O–H groups in total. The highest BCUT2D eigenvalue weighted by Gasteiger charge is 2.15. The Labute approximate surface area is 167 Å². The number of pyridine rings is 2. The average Bonchev–Trinajstić information content (AvgIpc) is 2.69. The summed E-state index contributed by atoms with van der Waals surface area (Å²) in [6.07, 6.45) is 1.41. The maximum Gasteiger partial charge on any atom is 0.275 e. The summed E-state index contributed by atoms with van der Waals surface area (Å²) in [5, 5.41) is 11.3. The molecule has 0 bridgehead atoms. The van der Waals surface area contributed by atoms with Crippen LogP contribution in [0.1, 0.15) is 11.1 Å². The van der Waals surface area contributed by atoms with E-state index in [2.05, 4.69) is 31.8 Å². The van der Waals surface area contributed by atoms with Gasteiger partial charge in [0.2, 0.25) is 5.88 Å². The number of likely N-dealkylation sites (N-methyl/N-ethyl adjacent to an activating group) is 1. The highest BCUT2D eigenvalue weighted by molar-refractivity contribution is 6.02. The van der Waals surface area contributed by atoms with Gasteiger partial charge in [-0.25, -0.2) is 0 Å². The van der Waals surface area contributed by atoms with Crippen molar-refractivity contribution in [1.29, 1.82) is 0 Å². The smallest absolute Gasteiger partial charge is 0.275 e. The fourth-order valence-corrected chi connectivity index (χ4v) is 3.50. The Morgan fingerprint density at radius 3 is 2.48 bits per heavy atom. The molecule has 1 aromatic carbocycles. The molecule has 1 fully saturated rings. The molecule has 29 heavy (non-hydrogen) atoms. The predicted molar refractivity (Wildman–Crippen MR) is 115 cm³/mol. The molecule has 150 valence electrons. The monoisotopic (exact) mass is 393 g/mol. The van der Waals surface area contributed by atoms with E-state index in [1.807, 2.05) is 25.1 Å². The van der Waals surface area contributed by atoms with Gasteiger partial charge in [-0.2, -0.15) is 0 Å². The summed E-state index contributed by atoms with van der Waals surface area (Å²) in [5.41, 5.74) is 0.873. The lowest BCUT2D eigenvalue weighted by atomic mass is 10.1. The Kier molecular flexibility index (Phi) is 4.94. The largest absolute Gasteiger partial charge is 0.494 e. The lowest BCUT2D eigenvalue weighted by molar-refractivity contribution is 0.312. The second kappa shape index (κ2) is 7.56. The number of aryl methyl sites for hydroxylation is 1. The van der Waals surface area contributed by atoms with Crippen molar-refractivity contribution in [2.45, 2.75) is 6.92 Å². The van der Waals surface area contributed by atoms with E-state index >= 15 is 0 Å². The highest BCUT2D eigenvalue weighted by atomic mass is 16.3. The molecule has 0 atom stereocenters. The molecule has 4 rings (SSSR count). The normalized spacial score (nSPS) is 15.4. The Hall–Kier alpha value is -3.39. The summed E-state index contributed by atoms with van der Waals surface area (Å²) < 4.78 is 0. The number of nitrogens with one attached hydrogen (secondary N) is 2. The van der Waals surface area contributed by atoms with E-state index in [9.17, 15) is 14.7 Å². The lowest BCUT2D eigenvalue weighted by Crippen LogP contribution is -2.45. The minimum Gasteiger partial charge on any atom is -0.494 e. The van der Waals surface area contributed by atoms with Gasteiger partial charge in [-0.05, 0) is 32.2 Å². The minimum atomic E-state index is -0.371. The Morgan fingerprint density at radius 1 is 1.00 bits per heavy atom. The van der Waals surface area contributed by atoms with Crippen LogP contribution in [0.25, 0.3) is 10.8 Å². The zero-order valence-electron chi connectivity index (χ0n) is 16.4. The maximum atomic E-state index is 12.5. The number of nitrogens with zero attached hydrogens (tertiary/aromatic N) is 3. The van der Waals surface area contributed by atoms with Crippen LogP contribution in [0.4, 0.5) is 11.5 Å². The number of rotatable bonds is 3. The van der Waals surface area contributed by atoms with E-state index in [1.54, 1.807) is 12.1 Å². The first-order valence-corrected chi connectivity index (χ1v) is 9.49. The van der Waals surface area contributed by atoms with Gasteiger partial charge in [-0.1, -0.05) is 17.7 Å². The summed E-state index contributed by atoms with van der Waals surface area (Å²) in [4.78, 5) is 38.5. The number of anilines is 1. The van der Waals surface area contributed by atoms with E-state index in [0.29, 0.717) is 16.3 Å². The van der Waals surface area contributed by atoms with Gasteiger partial charge >= 0.3 is 0 Å². The molecule has 0 saturated carbocycles. The molecular weight excluding hydrogens is 370 g/mol. The molecule has 0 amide bonds. The molecule has 1 aliphatic heterocycles. The van der Waals surface area contributed by atoms with Crippen molar-refractivity contribution < 1.29 is 5.11 Å². The third-order valence-electron chi connectivity index (χ3n) is 5.25. The first-order valence-electron chi connectivity index (χ1n) is 9.49. The van der Waals surface area contributed by atoms with Crippen molar-refractivity contribution in [2.24, 2.45) is 4.99 Å². The van der Waals surface area contributed by atoms with Crippen LogP contribution in [0.5, 0.6) is 5.88 Å². The van der Waals surface area contributed by atoms with Crippen LogP contribution in [0.3, 0.4) is 0 Å². The summed E-state index contributed by atoms with van der Waals surface area (Å²) in [5.74, 6) is 0.498. The molecule has 2 aromatic heterocycles. The minimum absolute atomic E-state index is 0.231. The van der Waals surface area contributed by atoms with E-state index in [4.69, 9.17) is 0 Å². The number of aromatic nitrogens is 2. The zero-order chi connectivity index (χ0) is 20.5. The third kappa shape index (κ3) is 3.79. The van der Waals surface area contributed by atoms with Crippen LogP contribution in [-0.2, 0) is 0 Å². The topological polar surface area (TPSA) is 105 Å². The molecule has 8 heteroatoms. The molecular formula is C21H23N5O3. The molecule has 0 spiro atoms. The summed E-state index contributed by atoms with van der Waals surface area (Å²) in [6.45, 7) is 5.50. The highest BCUT2D eigenvalue weighted by Crippen LogP contribution is 2.22. The van der Waals surface area contributed by atoms with Gasteiger partial charge < -0.3 is 19.9 Å². The van der Waals surface area contributed by atoms with Crippen LogP contribution in [0, 0.1) is 6.92 Å². The molecule has 3 aromatic rings. The fourth-order valence-electron chi connectivity index (χ4n) is 3.50. The quantitative estimate of drug-likeness (QED) is 0.588. The maximum absolute atomic E-state index is 12.5. The summed E-state index contributed by atoms with van der Waals surface area (Å²) in [6, 6.07) is 8.86. The third-order valence-corrected chi connectivity index (χ3v) is 5.25. The molecule has 0 aliphatic carbocycles. The van der Waals surface area contributed by atoms with Crippen molar-refractivity contribution in [3.05, 3.63) is 62.2 Å². The number of aliphatic imine (C=N–C) groups is 1. The van der Waals surface area contributed by atoms with Crippen LogP contribution in [-0.4, -0.2) is 59.4 Å². The summed E-state index contributed by atoms with van der Waals surface area (Å²) in [7, 11) is 2.08. The van der Waals surface area contributed by atoms with E-state index in [1.165, 1.54) is 6.21 Å². The van der Waals surface area contributed by atoms with E-state index in [-0.39, 0.29) is 22.7 Å². The zero-order valence-corrected chi connectivity index (χ0v) is 16.4. The van der Waals surface area contributed by atoms with Gasteiger partial charge in [0.15, 0.2) is 0 Å². The van der Waals surface area contributed by atoms with Gasteiger partial charge in [-0.3, -0.25) is 19.6 Å². The number of H-pyrrole nitrogens is 2. The number of aromatic hydroxyl groups is 1. The van der Waals surface area contributed by atoms with Gasteiger partial charge in [0, 0.05) is 43.2 Å². The van der Waals surface area contributed by atoms with Crippen molar-refractivity contribution >= 4 is 28.5 Å². The molecule has 8 nitrogen and oxygen atoms in total. The number of piperazine rings is 1. The van der Waals surface area contributed by atoms with Crippen LogP contribution in [0.2, 0.25) is 0 Å². The standard InChI is InChI=1S/C21H23N5O3/c1-13-3-4-14-15(11-13)16(20(28)24-19(14)27)12-22-17-5-6-18(23-21(17)29)26-9-7-25(2)8-10-26/h3-6,11-12H,7-10H2,1-2H3,(H,23,29)(H2,24,27,28). The van der Waals surface area contributed by atoms with E-state index < -0.39 is 0 Å². The second-order valence-electron chi connectivity index (χ2n) is 7.37. The van der Waals surface area contributed by atoms with Crippen LogP contribution < -0.4 is 16.0 Å². The Morgan fingerprint density at radius 2 is 1.76 bits per heavy atom. The summed E-state index contributed by atoms with van der Waals surface area (Å²) >= 11 is 0. The fraction of sp³-hybridized carbons (Fsp3) is 0.286. The predicted octanol–water partition coefficient (Wildman–Crippen LogP) is 1.73. The SMILES string of the molecule is Cc1ccc2c(=O)[nH]c(O)c(C=Nc3ccc(N4CCN(C)CC4)[nH]c3=O)c2c1. The van der Waals surface area contributed by atoms with Crippen LogP contribution in [0.15, 0.2) is 44.9 Å². The van der Waals surface area contributed by atoms with Gasteiger partial charge in [0.25, 0.3) is 11.1 Å². The molecule has 0 unspecified atom stereocenters. The van der Waals surface area contributed by atoms with Crippen molar-refractivity contribution in [3.63, 3.8) is 0 Å². The number of hydrogen-bond acceptors (Lipinski definition) is 6. The Bertz CT molecular complexity index is 1200. The molecule has 1 saturated heterocycles. The van der Waals surface area contributed by atoms with Crippen LogP contribution >= 0.6 is 0 Å². The van der Waals surface area contributed by atoms with Gasteiger partial charge in [0.1, 0.15) is 11.5 Å². The number of hydrogen-bond donors (Lipinski definition) is 3. The first kappa shape index (κ1) is 18.9. The lowest BCUT2D eigenvalue weighted by Gasteiger charge is -2.33. The van der Waals surface area contributed by atoms with Crippen molar-refractivity contribution in [2.75, 3.05) is 38.1 Å². The van der Waals surface area contributed by atoms with Crippen molar-refractivity contribution in [3.8, 4) is 5.88 Å². The molecule has 3 heterocycles. The van der Waals surface area contributed by atoms with Gasteiger partial charge in [0.05, 0.1) is 5.56 Å². The molecule has 1 aliphatic rings. The Balaban J connectivity index is 1.67. The number of fused-ring (bicyclic) bond motifs is 1. The second-order valence-corrected chi connectivity index (χ2v) is 7.37. The molecule has 0 radical (unpaired) electrons. The number of aromatic amines is 2. The van der Waals surface area contributed by atoms with Crippen molar-refractivity contribution in [1.82, 2.24) is 14.9 Å². The van der Waals surface area contributed by atoms with Gasteiger partial charge in [-0.15, -0.1) is 0 Å². The average molecular weight is 393 g/mol. The number of benzene rings is 1. The first-order chi connectivity index (χ1) is 13.9.